The molecule has 1 aliphatic heterocycles. The highest BCUT2D eigenvalue weighted by atomic mass is 16.5. The van der Waals surface area contributed by atoms with Gasteiger partial charge in [-0.1, -0.05) is 77.9 Å². The van der Waals surface area contributed by atoms with E-state index in [0.29, 0.717) is 17.7 Å². The first-order chi connectivity index (χ1) is 14.8. The second-order valence-corrected chi connectivity index (χ2v) is 8.84. The number of benzene rings is 2. The number of ether oxygens (including phenoxy) is 1. The Hall–Kier alpha value is -2.62. The molecule has 0 atom stereocenters. The molecule has 2 aromatic rings. The van der Waals surface area contributed by atoms with Crippen molar-refractivity contribution in [3.05, 3.63) is 58.7 Å². The number of carbonyl (C=O) groups is 1. The Morgan fingerprint density at radius 1 is 0.968 bits per heavy atom. The van der Waals surface area contributed by atoms with Crippen molar-refractivity contribution in [3.63, 3.8) is 0 Å². The van der Waals surface area contributed by atoms with Crippen molar-refractivity contribution in [1.29, 1.82) is 0 Å². The van der Waals surface area contributed by atoms with E-state index in [1.54, 1.807) is 0 Å². The number of hydrogen-bond donors (Lipinski definition) is 0. The van der Waals surface area contributed by atoms with Crippen LogP contribution in [0.25, 0.3) is 0 Å². The van der Waals surface area contributed by atoms with Crippen molar-refractivity contribution in [2.75, 3.05) is 25.1 Å². The van der Waals surface area contributed by atoms with Gasteiger partial charge in [-0.15, -0.1) is 0 Å². The highest BCUT2D eigenvalue weighted by molar-refractivity contribution is 6.39. The first-order valence-electron chi connectivity index (χ1n) is 11.6. The van der Waals surface area contributed by atoms with Crippen LogP contribution < -0.4 is 4.90 Å². The molecule has 0 aromatic heterocycles. The van der Waals surface area contributed by atoms with Gasteiger partial charge in [-0.2, -0.15) is 0 Å². The van der Waals surface area contributed by atoms with E-state index < -0.39 is 0 Å². The minimum absolute atomic E-state index is 0.279. The van der Waals surface area contributed by atoms with Crippen LogP contribution in [-0.2, 0) is 22.4 Å². The summed E-state index contributed by atoms with van der Waals surface area (Å²) < 4.78 is 7.53. The Morgan fingerprint density at radius 3 is 2.10 bits per heavy atom. The molecule has 166 valence electrons. The van der Waals surface area contributed by atoms with Crippen LogP contribution in [-0.4, -0.2) is 36.6 Å². The third-order valence-corrected chi connectivity index (χ3v) is 6.27. The van der Waals surface area contributed by atoms with E-state index in [1.165, 1.54) is 40.7 Å². The van der Waals surface area contributed by atoms with Gasteiger partial charge in [-0.05, 0) is 35.8 Å². The van der Waals surface area contributed by atoms with Crippen LogP contribution in [0.15, 0.2) is 36.4 Å². The van der Waals surface area contributed by atoms with Gasteiger partial charge >= 0.3 is 11.8 Å². The first-order valence-corrected chi connectivity index (χ1v) is 11.6. The van der Waals surface area contributed by atoms with Crippen molar-refractivity contribution in [2.45, 2.75) is 66.2 Å². The van der Waals surface area contributed by atoms with Crippen LogP contribution in [0.5, 0.6) is 0 Å². The van der Waals surface area contributed by atoms with Crippen LogP contribution in [0.1, 0.15) is 75.6 Å². The quantitative estimate of drug-likeness (QED) is 0.419. The van der Waals surface area contributed by atoms with Gasteiger partial charge in [0.05, 0.1) is 7.11 Å². The zero-order valence-electron chi connectivity index (χ0n) is 20.2. The Morgan fingerprint density at radius 2 is 1.55 bits per heavy atom. The number of anilines is 1. The highest BCUT2D eigenvalue weighted by Crippen LogP contribution is 2.37. The SMILES string of the molecule is CCc1cccc(C(C)C)c1N1CC[N+](c2c(CC)cccc2C(C)C)=C1C(=O)OC. The molecule has 0 amide bonds. The highest BCUT2D eigenvalue weighted by Gasteiger charge is 2.42. The normalized spacial score (nSPS) is 14.2. The smallest absolute Gasteiger partial charge is 0.421 e. The average molecular weight is 422 g/mol. The lowest BCUT2D eigenvalue weighted by atomic mass is 9.95. The van der Waals surface area contributed by atoms with Crippen LogP contribution in [0.2, 0.25) is 0 Å². The minimum atomic E-state index is -0.279. The fraction of sp³-hybridized carbons (Fsp3) is 0.481. The molecular formula is C27H37N2O2+. The van der Waals surface area contributed by atoms with Gasteiger partial charge in [0.25, 0.3) is 0 Å². The molecule has 0 unspecified atom stereocenters. The topological polar surface area (TPSA) is 32.5 Å². The monoisotopic (exact) mass is 421 g/mol. The summed E-state index contributed by atoms with van der Waals surface area (Å²) in [6.07, 6.45) is 1.84. The third-order valence-electron chi connectivity index (χ3n) is 6.27. The predicted molar refractivity (Wildman–Crippen MR) is 129 cm³/mol. The van der Waals surface area contributed by atoms with E-state index in [9.17, 15) is 4.79 Å². The Kier molecular flexibility index (Phi) is 7.19. The lowest BCUT2D eigenvalue weighted by Gasteiger charge is -2.21. The maximum Gasteiger partial charge on any atom is 0.421 e. The molecule has 2 aromatic carbocycles. The molecule has 31 heavy (non-hydrogen) atoms. The number of hydrogen-bond acceptors (Lipinski definition) is 3. The second kappa shape index (κ2) is 9.67. The summed E-state index contributed by atoms with van der Waals surface area (Å²) in [4.78, 5) is 15.4. The van der Waals surface area contributed by atoms with E-state index in [2.05, 4.69) is 87.4 Å². The van der Waals surface area contributed by atoms with Crippen LogP contribution in [0.4, 0.5) is 11.4 Å². The number of nitrogens with zero attached hydrogens (tertiary/aromatic N) is 2. The Labute approximate surface area is 187 Å². The summed E-state index contributed by atoms with van der Waals surface area (Å²) in [5, 5.41) is 0. The van der Waals surface area contributed by atoms with E-state index in [0.717, 1.165) is 25.9 Å². The fourth-order valence-electron chi connectivity index (χ4n) is 4.69. The third kappa shape index (κ3) is 4.26. The van der Waals surface area contributed by atoms with Crippen molar-refractivity contribution >= 4 is 23.2 Å². The summed E-state index contributed by atoms with van der Waals surface area (Å²) in [7, 11) is 1.48. The summed E-state index contributed by atoms with van der Waals surface area (Å²) in [5.74, 6) is 1.08. The van der Waals surface area contributed by atoms with Crippen molar-refractivity contribution in [3.8, 4) is 0 Å². The average Bonchev–Trinajstić information content (AvgIpc) is 3.21. The molecule has 0 saturated carbocycles. The van der Waals surface area contributed by atoms with E-state index in [-0.39, 0.29) is 5.97 Å². The van der Waals surface area contributed by atoms with Gasteiger partial charge in [0.1, 0.15) is 24.5 Å². The zero-order valence-corrected chi connectivity index (χ0v) is 20.2. The molecule has 4 nitrogen and oxygen atoms in total. The first kappa shape index (κ1) is 23.1. The van der Waals surface area contributed by atoms with Gasteiger partial charge in [0.15, 0.2) is 0 Å². The van der Waals surface area contributed by atoms with Gasteiger partial charge in [-0.25, -0.2) is 14.3 Å². The maximum atomic E-state index is 13.2. The molecule has 0 aliphatic carbocycles. The molecule has 0 spiro atoms. The number of esters is 1. The molecule has 1 aliphatic rings. The summed E-state index contributed by atoms with van der Waals surface area (Å²) >= 11 is 0. The van der Waals surface area contributed by atoms with Gasteiger partial charge in [0.2, 0.25) is 0 Å². The number of amidine groups is 1. The van der Waals surface area contributed by atoms with Crippen molar-refractivity contribution in [1.82, 2.24) is 0 Å². The van der Waals surface area contributed by atoms with E-state index >= 15 is 0 Å². The molecular weight excluding hydrogens is 384 g/mol. The molecule has 0 bridgehead atoms. The fourth-order valence-corrected chi connectivity index (χ4v) is 4.69. The van der Waals surface area contributed by atoms with Crippen LogP contribution in [0.3, 0.4) is 0 Å². The van der Waals surface area contributed by atoms with E-state index in [4.69, 9.17) is 4.74 Å². The number of rotatable bonds is 7. The van der Waals surface area contributed by atoms with Crippen LogP contribution >= 0.6 is 0 Å². The number of aryl methyl sites for hydroxylation is 2. The number of carbonyl (C=O) groups excluding carboxylic acids is 1. The van der Waals surface area contributed by atoms with Gasteiger partial charge < -0.3 is 4.74 Å². The Bertz CT molecular complexity index is 989. The number of methoxy groups -OCH3 is 1. The van der Waals surface area contributed by atoms with E-state index in [1.807, 2.05) is 0 Å². The van der Waals surface area contributed by atoms with Gasteiger partial charge in [-0.3, -0.25) is 0 Å². The zero-order chi connectivity index (χ0) is 22.7. The van der Waals surface area contributed by atoms with Gasteiger partial charge in [0, 0.05) is 11.1 Å². The standard InChI is InChI=1S/C27H37N2O2/c1-8-20-12-10-14-22(18(3)4)24(20)28-16-17-29(26(28)27(30)31-7)25-21(9-2)13-11-15-23(25)19(5)6/h10-15,18-19H,8-9,16-17H2,1-7H3/q+1. The molecule has 0 radical (unpaired) electrons. The summed E-state index contributed by atoms with van der Waals surface area (Å²) in [6, 6.07) is 13.0. The maximum absolute atomic E-state index is 13.2. The lowest BCUT2D eigenvalue weighted by Crippen LogP contribution is -2.38. The molecule has 4 heteroatoms. The minimum Gasteiger partial charge on any atom is -0.460 e. The summed E-state index contributed by atoms with van der Waals surface area (Å²) in [6.45, 7) is 14.7. The molecule has 0 fully saturated rings. The van der Waals surface area contributed by atoms with Crippen molar-refractivity contribution < 1.29 is 14.1 Å². The molecule has 1 heterocycles. The molecule has 3 rings (SSSR count). The van der Waals surface area contributed by atoms with Crippen molar-refractivity contribution in [2.24, 2.45) is 0 Å². The molecule has 0 N–H and O–H groups in total. The molecule has 0 saturated heterocycles. The Balaban J connectivity index is 2.32. The predicted octanol–water partition coefficient (Wildman–Crippen LogP) is 5.79. The number of para-hydroxylation sites is 2. The summed E-state index contributed by atoms with van der Waals surface area (Å²) in [5.41, 5.74) is 7.42. The van der Waals surface area contributed by atoms with Crippen LogP contribution in [0, 0.1) is 0 Å². The lowest BCUT2D eigenvalue weighted by molar-refractivity contribution is -0.429. The second-order valence-electron chi connectivity index (χ2n) is 8.84. The largest absolute Gasteiger partial charge is 0.460 e.